The fourth-order valence-corrected chi connectivity index (χ4v) is 6.43. The molecular formula is C27H55N7. The Hall–Kier alpha value is -0.280. The van der Waals surface area contributed by atoms with Crippen LogP contribution in [0.2, 0.25) is 0 Å². The van der Waals surface area contributed by atoms with Crippen molar-refractivity contribution in [3.63, 3.8) is 0 Å². The van der Waals surface area contributed by atoms with E-state index in [-0.39, 0.29) is 0 Å². The third kappa shape index (κ3) is 8.68. The van der Waals surface area contributed by atoms with Gasteiger partial charge in [0.1, 0.15) is 0 Å². The Balaban J connectivity index is 0.000000161. The van der Waals surface area contributed by atoms with Gasteiger partial charge in [-0.15, -0.1) is 0 Å². The van der Waals surface area contributed by atoms with E-state index in [0.29, 0.717) is 0 Å². The molecule has 4 aliphatic heterocycles. The molecule has 3 N–H and O–H groups in total. The van der Waals surface area contributed by atoms with Crippen molar-refractivity contribution in [2.24, 2.45) is 11.8 Å². The van der Waals surface area contributed by atoms with Gasteiger partial charge in [-0.1, -0.05) is 6.92 Å². The number of nitrogens with zero attached hydrogens (tertiary/aromatic N) is 4. The highest BCUT2D eigenvalue weighted by Gasteiger charge is 2.27. The van der Waals surface area contributed by atoms with Gasteiger partial charge >= 0.3 is 0 Å². The van der Waals surface area contributed by atoms with Crippen LogP contribution in [-0.2, 0) is 0 Å². The SMILES string of the molecule is C1CC(N2CCN(CC3CNC3)CC2)CCN1.CC1CCC(N(C)CCN2CCNCC2)CC1. The molecule has 0 aromatic heterocycles. The predicted octanol–water partition coefficient (Wildman–Crippen LogP) is 0.978. The number of piperidine rings is 1. The van der Waals surface area contributed by atoms with E-state index in [4.69, 9.17) is 0 Å². The van der Waals surface area contributed by atoms with Gasteiger partial charge in [0.25, 0.3) is 0 Å². The maximum atomic E-state index is 3.46. The van der Waals surface area contributed by atoms with E-state index in [1.165, 1.54) is 137 Å². The monoisotopic (exact) mass is 477 g/mol. The molecule has 7 heteroatoms. The summed E-state index contributed by atoms with van der Waals surface area (Å²) in [5.74, 6) is 1.90. The van der Waals surface area contributed by atoms with Gasteiger partial charge in [0.05, 0.1) is 0 Å². The number of piperazine rings is 2. The van der Waals surface area contributed by atoms with Crippen LogP contribution in [0.3, 0.4) is 0 Å². The Labute approximate surface area is 210 Å². The van der Waals surface area contributed by atoms with Crippen LogP contribution in [0.1, 0.15) is 45.4 Å². The van der Waals surface area contributed by atoms with Crippen LogP contribution in [0.4, 0.5) is 0 Å². The Morgan fingerprint density at radius 1 is 0.706 bits per heavy atom. The quantitative estimate of drug-likeness (QED) is 0.505. The molecule has 5 fully saturated rings. The molecule has 7 nitrogen and oxygen atoms in total. The number of rotatable bonds is 7. The zero-order valence-electron chi connectivity index (χ0n) is 22.4. The van der Waals surface area contributed by atoms with Crippen molar-refractivity contribution in [1.29, 1.82) is 0 Å². The van der Waals surface area contributed by atoms with Gasteiger partial charge in [-0.3, -0.25) is 9.80 Å². The van der Waals surface area contributed by atoms with Gasteiger partial charge in [0, 0.05) is 97.2 Å². The summed E-state index contributed by atoms with van der Waals surface area (Å²) < 4.78 is 0. The zero-order chi connectivity index (χ0) is 23.6. The molecule has 0 radical (unpaired) electrons. The second-order valence-corrected chi connectivity index (χ2v) is 11.8. The van der Waals surface area contributed by atoms with Gasteiger partial charge in [-0.2, -0.15) is 0 Å². The summed E-state index contributed by atoms with van der Waals surface area (Å²) in [6.07, 6.45) is 8.41. The normalized spacial score (nSPS) is 31.1. The Bertz CT molecular complexity index is 529. The van der Waals surface area contributed by atoms with Crippen LogP contribution < -0.4 is 16.0 Å². The van der Waals surface area contributed by atoms with Crippen molar-refractivity contribution in [3.05, 3.63) is 0 Å². The largest absolute Gasteiger partial charge is 0.317 e. The van der Waals surface area contributed by atoms with Crippen molar-refractivity contribution >= 4 is 0 Å². The smallest absolute Gasteiger partial charge is 0.0120 e. The van der Waals surface area contributed by atoms with E-state index < -0.39 is 0 Å². The number of nitrogens with one attached hydrogen (secondary N) is 3. The fraction of sp³-hybridized carbons (Fsp3) is 1.00. The first kappa shape index (κ1) is 26.8. The van der Waals surface area contributed by atoms with Gasteiger partial charge in [-0.05, 0) is 70.5 Å². The fourth-order valence-electron chi connectivity index (χ4n) is 6.43. The molecule has 34 heavy (non-hydrogen) atoms. The molecule has 4 saturated heterocycles. The summed E-state index contributed by atoms with van der Waals surface area (Å²) >= 11 is 0. The van der Waals surface area contributed by atoms with Crippen molar-refractivity contribution in [3.8, 4) is 0 Å². The molecule has 0 aromatic carbocycles. The lowest BCUT2D eigenvalue weighted by Gasteiger charge is -2.42. The van der Waals surface area contributed by atoms with Crippen molar-refractivity contribution in [2.75, 3.05) is 105 Å². The second-order valence-electron chi connectivity index (χ2n) is 11.8. The van der Waals surface area contributed by atoms with Crippen LogP contribution >= 0.6 is 0 Å². The van der Waals surface area contributed by atoms with Crippen LogP contribution in [0.5, 0.6) is 0 Å². The van der Waals surface area contributed by atoms with Crippen LogP contribution in [-0.4, -0.2) is 137 Å². The van der Waals surface area contributed by atoms with E-state index in [0.717, 1.165) is 23.9 Å². The van der Waals surface area contributed by atoms with E-state index in [1.54, 1.807) is 0 Å². The highest BCUT2D eigenvalue weighted by atomic mass is 15.3. The van der Waals surface area contributed by atoms with Gasteiger partial charge in [0.2, 0.25) is 0 Å². The minimum absolute atomic E-state index is 0.856. The molecule has 4 heterocycles. The van der Waals surface area contributed by atoms with E-state index in [9.17, 15) is 0 Å². The summed E-state index contributed by atoms with van der Waals surface area (Å²) in [5, 5.41) is 10.2. The highest BCUT2D eigenvalue weighted by Crippen LogP contribution is 2.26. The number of hydrogen-bond acceptors (Lipinski definition) is 7. The lowest BCUT2D eigenvalue weighted by Crippen LogP contribution is -2.55. The first-order valence-corrected chi connectivity index (χ1v) is 14.7. The molecule has 0 amide bonds. The standard InChI is InChI=1S/C14H29N3.C13H26N4/c1-13-3-5-14(6-4-13)16(2)11-12-17-9-7-15-8-10-17;1-3-14-4-2-13(1)17-7-5-16(6-8-17)11-12-9-15-10-12/h13-15H,3-12H2,1-2H3;12-15H,1-11H2. The van der Waals surface area contributed by atoms with E-state index in [2.05, 4.69) is 49.5 Å². The molecule has 5 aliphatic rings. The summed E-state index contributed by atoms with van der Waals surface area (Å²) in [7, 11) is 2.32. The van der Waals surface area contributed by atoms with Gasteiger partial charge in [0.15, 0.2) is 0 Å². The van der Waals surface area contributed by atoms with E-state index in [1.807, 2.05) is 0 Å². The van der Waals surface area contributed by atoms with Crippen molar-refractivity contribution in [2.45, 2.75) is 57.5 Å². The van der Waals surface area contributed by atoms with E-state index >= 15 is 0 Å². The lowest BCUT2D eigenvalue weighted by molar-refractivity contribution is 0.0680. The molecule has 0 spiro atoms. The van der Waals surface area contributed by atoms with Crippen molar-refractivity contribution in [1.82, 2.24) is 35.6 Å². The molecule has 1 saturated carbocycles. The highest BCUT2D eigenvalue weighted by molar-refractivity contribution is 4.85. The maximum absolute atomic E-state index is 3.46. The van der Waals surface area contributed by atoms with Crippen LogP contribution in [0.25, 0.3) is 0 Å². The minimum atomic E-state index is 0.856. The van der Waals surface area contributed by atoms with Gasteiger partial charge < -0.3 is 25.8 Å². The second kappa shape index (κ2) is 14.5. The summed E-state index contributed by atoms with van der Waals surface area (Å²) in [5.41, 5.74) is 0. The number of likely N-dealkylation sites (N-methyl/N-ethyl adjacent to an activating group) is 1. The van der Waals surface area contributed by atoms with Crippen LogP contribution in [0, 0.1) is 11.8 Å². The third-order valence-corrected chi connectivity index (χ3v) is 9.20. The molecule has 198 valence electrons. The summed E-state index contributed by atoms with van der Waals surface area (Å²) in [4.78, 5) is 10.6. The van der Waals surface area contributed by atoms with Crippen LogP contribution in [0.15, 0.2) is 0 Å². The van der Waals surface area contributed by atoms with Crippen molar-refractivity contribution < 1.29 is 0 Å². The minimum Gasteiger partial charge on any atom is -0.317 e. The Morgan fingerprint density at radius 2 is 1.35 bits per heavy atom. The van der Waals surface area contributed by atoms with Gasteiger partial charge in [-0.25, -0.2) is 0 Å². The molecule has 0 aromatic rings. The Morgan fingerprint density at radius 3 is 1.97 bits per heavy atom. The average Bonchev–Trinajstić information content (AvgIpc) is 2.87. The molecule has 5 rings (SSSR count). The molecule has 1 aliphatic carbocycles. The summed E-state index contributed by atoms with van der Waals surface area (Å²) in [6, 6.07) is 1.72. The zero-order valence-corrected chi connectivity index (χ0v) is 22.4. The predicted molar refractivity (Wildman–Crippen MR) is 144 cm³/mol. The average molecular weight is 478 g/mol. The first-order chi connectivity index (χ1) is 16.7. The Kier molecular flexibility index (Phi) is 11.4. The maximum Gasteiger partial charge on any atom is 0.0120 e. The number of hydrogen-bond donors (Lipinski definition) is 3. The molecule has 0 atom stereocenters. The third-order valence-electron chi connectivity index (χ3n) is 9.20. The molecule has 0 unspecified atom stereocenters. The first-order valence-electron chi connectivity index (χ1n) is 14.7. The molecular weight excluding hydrogens is 422 g/mol. The lowest BCUT2D eigenvalue weighted by atomic mass is 9.87. The molecule has 0 bridgehead atoms. The summed E-state index contributed by atoms with van der Waals surface area (Å²) in [6.45, 7) is 21.1. The topological polar surface area (TPSA) is 49.1 Å².